The number of benzene rings is 2. The van der Waals surface area contributed by atoms with Gasteiger partial charge in [-0.15, -0.1) is 0 Å². The first kappa shape index (κ1) is 33.5. The fourth-order valence-corrected chi connectivity index (χ4v) is 8.32. The lowest BCUT2D eigenvalue weighted by Gasteiger charge is -2.59. The molecule has 2 aromatic carbocycles. The molecule has 2 saturated heterocycles. The van der Waals surface area contributed by atoms with Crippen molar-refractivity contribution in [2.24, 2.45) is 5.41 Å². The van der Waals surface area contributed by atoms with E-state index in [2.05, 4.69) is 55.1 Å². The summed E-state index contributed by atoms with van der Waals surface area (Å²) < 4.78 is 33.2. The van der Waals surface area contributed by atoms with E-state index in [0.717, 1.165) is 76.3 Å². The molecule has 0 atom stereocenters. The maximum absolute atomic E-state index is 14.6. The Labute approximate surface area is 298 Å². The second-order valence-electron chi connectivity index (χ2n) is 14.8. The van der Waals surface area contributed by atoms with Crippen molar-refractivity contribution in [3.8, 4) is 17.2 Å². The van der Waals surface area contributed by atoms with Crippen LogP contribution >= 0.6 is 0 Å². The van der Waals surface area contributed by atoms with E-state index in [9.17, 15) is 9.18 Å². The van der Waals surface area contributed by atoms with Gasteiger partial charge in [-0.05, 0) is 69.4 Å². The second-order valence-corrected chi connectivity index (χ2v) is 14.8. The average Bonchev–Trinajstić information content (AvgIpc) is 3.11. The van der Waals surface area contributed by atoms with Crippen LogP contribution in [0.15, 0.2) is 73.3 Å². The summed E-state index contributed by atoms with van der Waals surface area (Å²) in [4.78, 5) is 34.0. The molecular formula is C40H45FN6O4. The van der Waals surface area contributed by atoms with Gasteiger partial charge in [-0.2, -0.15) is 0 Å². The lowest BCUT2D eigenvalue weighted by Crippen LogP contribution is -2.65. The summed E-state index contributed by atoms with van der Waals surface area (Å²) in [5.74, 6) is 1.59. The number of hydrogen-bond donors (Lipinski definition) is 0. The summed E-state index contributed by atoms with van der Waals surface area (Å²) in [5, 5.41) is 0. The summed E-state index contributed by atoms with van der Waals surface area (Å²) in [7, 11) is 0. The number of fused-ring (bicyclic) bond motifs is 1. The number of ether oxygens (including phenoxy) is 3. The largest absolute Gasteiger partial charge is 0.490 e. The van der Waals surface area contributed by atoms with Crippen molar-refractivity contribution in [2.75, 3.05) is 37.7 Å². The van der Waals surface area contributed by atoms with Crippen LogP contribution < -0.4 is 14.4 Å². The Morgan fingerprint density at radius 1 is 1.04 bits per heavy atom. The molecule has 8 rings (SSSR count). The van der Waals surface area contributed by atoms with Crippen molar-refractivity contribution >= 4 is 11.7 Å². The van der Waals surface area contributed by atoms with Crippen LogP contribution in [0.4, 0.5) is 10.2 Å². The van der Waals surface area contributed by atoms with E-state index in [1.165, 1.54) is 35.7 Å². The maximum Gasteiger partial charge on any atom is 0.258 e. The normalized spacial score (nSPS) is 18.9. The predicted octanol–water partition coefficient (Wildman–Crippen LogP) is 6.44. The summed E-state index contributed by atoms with van der Waals surface area (Å²) in [5.41, 5.74) is 4.00. The minimum absolute atomic E-state index is 0.0175. The highest BCUT2D eigenvalue weighted by Gasteiger charge is 2.54. The van der Waals surface area contributed by atoms with Gasteiger partial charge in [0.1, 0.15) is 29.7 Å². The van der Waals surface area contributed by atoms with E-state index in [1.54, 1.807) is 6.20 Å². The molecule has 1 spiro atoms. The Morgan fingerprint density at radius 2 is 1.84 bits per heavy atom. The van der Waals surface area contributed by atoms with Crippen LogP contribution in [0.2, 0.25) is 0 Å². The zero-order valence-electron chi connectivity index (χ0n) is 29.3. The van der Waals surface area contributed by atoms with Gasteiger partial charge in [-0.25, -0.2) is 14.4 Å². The highest BCUT2D eigenvalue weighted by atomic mass is 19.1. The first-order valence-electron chi connectivity index (χ1n) is 18.2. The lowest BCUT2D eigenvalue weighted by molar-refractivity contribution is -0.0353. The first-order valence-corrected chi connectivity index (χ1v) is 18.2. The van der Waals surface area contributed by atoms with E-state index in [0.29, 0.717) is 24.8 Å². The highest BCUT2D eigenvalue weighted by molar-refractivity contribution is 5.97. The molecule has 2 aromatic heterocycles. The number of amides is 1. The van der Waals surface area contributed by atoms with Gasteiger partial charge in [-0.3, -0.25) is 14.7 Å². The Hall–Kier alpha value is -4.61. The predicted molar refractivity (Wildman–Crippen MR) is 190 cm³/mol. The van der Waals surface area contributed by atoms with Crippen LogP contribution in [0.3, 0.4) is 0 Å². The molecule has 1 saturated carbocycles. The smallest absolute Gasteiger partial charge is 0.258 e. The van der Waals surface area contributed by atoms with E-state index in [1.807, 2.05) is 31.0 Å². The molecule has 51 heavy (non-hydrogen) atoms. The quantitative estimate of drug-likeness (QED) is 0.186. The molecule has 266 valence electrons. The topological polar surface area (TPSA) is 93.2 Å². The lowest BCUT2D eigenvalue weighted by atomic mass is 9.61. The van der Waals surface area contributed by atoms with E-state index in [-0.39, 0.29) is 40.8 Å². The number of nitrogens with zero attached hydrogens (tertiary/aromatic N) is 6. The number of carbonyl (C=O) groups is 1. The van der Waals surface area contributed by atoms with Gasteiger partial charge in [0.15, 0.2) is 11.6 Å². The number of halogens is 1. The van der Waals surface area contributed by atoms with Crippen molar-refractivity contribution in [1.82, 2.24) is 24.8 Å². The van der Waals surface area contributed by atoms with Gasteiger partial charge in [0.25, 0.3) is 5.91 Å². The third-order valence-corrected chi connectivity index (χ3v) is 10.8. The third-order valence-electron chi connectivity index (χ3n) is 10.8. The highest BCUT2D eigenvalue weighted by Crippen LogP contribution is 2.52. The fourth-order valence-electron chi connectivity index (χ4n) is 8.32. The molecule has 1 aliphatic carbocycles. The summed E-state index contributed by atoms with van der Waals surface area (Å²) in [6.45, 7) is 9.54. The standard InChI is InChI=1S/C40H45FN6O4/c1-27(2)47(30-12-16-49-17-13-30)39(48)32-18-29(41)8-9-35(32)51-37-21-42-26-44-38(37)46-24-40(25-46)19-31(20-40)50-36-10-14-43-34-11-15-45(23-33(34)36)22-28-6-4-3-5-7-28/h3-10,14,18,21,26-27,30-31H,11-13,15-17,19-20,22-25H2,1-2H3. The zero-order valence-corrected chi connectivity index (χ0v) is 29.3. The summed E-state index contributed by atoms with van der Waals surface area (Å²) in [6.07, 6.45) is 9.48. The van der Waals surface area contributed by atoms with Crippen LogP contribution in [0.1, 0.15) is 66.7 Å². The number of aromatic nitrogens is 3. The van der Waals surface area contributed by atoms with Crippen LogP contribution in [0, 0.1) is 11.2 Å². The number of carbonyl (C=O) groups excluding carboxylic acids is 1. The van der Waals surface area contributed by atoms with Gasteiger partial charge in [0, 0.05) is 87.3 Å². The molecule has 11 heteroatoms. The third kappa shape index (κ3) is 7.01. The van der Waals surface area contributed by atoms with Gasteiger partial charge in [0.05, 0.1) is 11.8 Å². The molecule has 0 bridgehead atoms. The number of anilines is 1. The molecule has 3 aliphatic heterocycles. The van der Waals surface area contributed by atoms with E-state index >= 15 is 0 Å². The van der Waals surface area contributed by atoms with Crippen molar-refractivity contribution < 1.29 is 23.4 Å². The SMILES string of the molecule is CC(C)N(C(=O)c1cc(F)ccc1Oc1cncnc1N1CC2(CC(Oc3ccnc4c3CN(Cc3ccccc3)CC4)C2)C1)C1CCOCC1. The summed E-state index contributed by atoms with van der Waals surface area (Å²) in [6, 6.07) is 16.7. The first-order chi connectivity index (χ1) is 24.8. The number of hydrogen-bond acceptors (Lipinski definition) is 9. The Balaban J connectivity index is 0.915. The van der Waals surface area contributed by atoms with Gasteiger partial charge in [0.2, 0.25) is 0 Å². The van der Waals surface area contributed by atoms with Gasteiger partial charge < -0.3 is 24.0 Å². The van der Waals surface area contributed by atoms with E-state index in [4.69, 9.17) is 14.2 Å². The minimum atomic E-state index is -0.492. The number of rotatable bonds is 10. The molecule has 10 nitrogen and oxygen atoms in total. The molecule has 4 aromatic rings. The molecule has 0 radical (unpaired) electrons. The van der Waals surface area contributed by atoms with E-state index < -0.39 is 5.82 Å². The van der Waals surface area contributed by atoms with Crippen molar-refractivity contribution in [2.45, 2.75) is 77.2 Å². The van der Waals surface area contributed by atoms with Crippen LogP contribution in [0.25, 0.3) is 0 Å². The molecule has 0 N–H and O–H groups in total. The molecule has 0 unspecified atom stereocenters. The Kier molecular flexibility index (Phi) is 9.33. The molecule has 3 fully saturated rings. The molecular weight excluding hydrogens is 647 g/mol. The Bertz CT molecular complexity index is 1860. The molecule has 1 amide bonds. The average molecular weight is 693 g/mol. The monoisotopic (exact) mass is 692 g/mol. The Morgan fingerprint density at radius 3 is 2.63 bits per heavy atom. The van der Waals surface area contributed by atoms with Crippen molar-refractivity contribution in [3.05, 3.63) is 102 Å². The fraction of sp³-hybridized carbons (Fsp3) is 0.450. The van der Waals surface area contributed by atoms with Gasteiger partial charge >= 0.3 is 0 Å². The number of pyridine rings is 1. The van der Waals surface area contributed by atoms with Crippen molar-refractivity contribution in [3.63, 3.8) is 0 Å². The minimum Gasteiger partial charge on any atom is -0.490 e. The summed E-state index contributed by atoms with van der Waals surface area (Å²) >= 11 is 0. The van der Waals surface area contributed by atoms with Gasteiger partial charge in [-0.1, -0.05) is 30.3 Å². The second kappa shape index (κ2) is 14.2. The van der Waals surface area contributed by atoms with Crippen LogP contribution in [-0.2, 0) is 24.2 Å². The van der Waals surface area contributed by atoms with Crippen LogP contribution in [0.5, 0.6) is 17.2 Å². The maximum atomic E-state index is 14.6. The molecule has 5 heterocycles. The van der Waals surface area contributed by atoms with Crippen molar-refractivity contribution in [1.29, 1.82) is 0 Å². The zero-order chi connectivity index (χ0) is 35.0. The van der Waals surface area contributed by atoms with Crippen LogP contribution in [-0.4, -0.2) is 81.7 Å². The molecule has 4 aliphatic rings.